The van der Waals surface area contributed by atoms with E-state index in [0.717, 1.165) is 37.3 Å². The minimum absolute atomic E-state index is 0.0117. The van der Waals surface area contributed by atoms with Crippen LogP contribution < -0.4 is 5.32 Å². The third kappa shape index (κ3) is 3.87. The molecule has 1 heterocycles. The van der Waals surface area contributed by atoms with E-state index < -0.39 is 0 Å². The van der Waals surface area contributed by atoms with Gasteiger partial charge < -0.3 is 10.1 Å². The molecule has 0 aromatic carbocycles. The molecule has 0 saturated carbocycles. The van der Waals surface area contributed by atoms with Gasteiger partial charge in [0.05, 0.1) is 0 Å². The standard InChI is InChI=1S/C12H21N3O/c1-4-6-13-7-10-8-14-12(15-9-10)11(5-2)16-3/h8-9,11,13H,4-7H2,1-3H3. The summed E-state index contributed by atoms with van der Waals surface area (Å²) in [5.41, 5.74) is 1.11. The van der Waals surface area contributed by atoms with Crippen molar-refractivity contribution in [2.75, 3.05) is 13.7 Å². The summed E-state index contributed by atoms with van der Waals surface area (Å²) in [6.07, 6.45) is 5.78. The van der Waals surface area contributed by atoms with E-state index in [1.807, 2.05) is 12.4 Å². The molecule has 0 aliphatic rings. The molecule has 1 aromatic rings. The van der Waals surface area contributed by atoms with Crippen LogP contribution in [0.15, 0.2) is 12.4 Å². The van der Waals surface area contributed by atoms with E-state index in [-0.39, 0.29) is 6.10 Å². The first-order valence-corrected chi connectivity index (χ1v) is 5.86. The van der Waals surface area contributed by atoms with Crippen LogP contribution in [0.4, 0.5) is 0 Å². The number of aromatic nitrogens is 2. The summed E-state index contributed by atoms with van der Waals surface area (Å²) < 4.78 is 5.28. The fraction of sp³-hybridized carbons (Fsp3) is 0.667. The van der Waals surface area contributed by atoms with Crippen LogP contribution >= 0.6 is 0 Å². The monoisotopic (exact) mass is 223 g/mol. The smallest absolute Gasteiger partial charge is 0.157 e. The van der Waals surface area contributed by atoms with E-state index in [1.54, 1.807) is 7.11 Å². The topological polar surface area (TPSA) is 47.0 Å². The molecule has 16 heavy (non-hydrogen) atoms. The summed E-state index contributed by atoms with van der Waals surface area (Å²) >= 11 is 0. The van der Waals surface area contributed by atoms with Crippen molar-refractivity contribution in [1.82, 2.24) is 15.3 Å². The SMILES string of the molecule is CCCNCc1cnc(C(CC)OC)nc1. The average molecular weight is 223 g/mol. The molecule has 0 fully saturated rings. The zero-order valence-electron chi connectivity index (χ0n) is 10.4. The van der Waals surface area contributed by atoms with Gasteiger partial charge in [0.15, 0.2) is 5.82 Å². The number of ether oxygens (including phenoxy) is 1. The molecule has 4 heteroatoms. The fourth-order valence-corrected chi connectivity index (χ4v) is 1.49. The summed E-state index contributed by atoms with van der Waals surface area (Å²) in [7, 11) is 1.69. The van der Waals surface area contributed by atoms with Gasteiger partial charge in [-0.15, -0.1) is 0 Å². The van der Waals surface area contributed by atoms with Crippen LogP contribution in [0.3, 0.4) is 0 Å². The highest BCUT2D eigenvalue weighted by atomic mass is 16.5. The Morgan fingerprint density at radius 2 is 2.00 bits per heavy atom. The number of methoxy groups -OCH3 is 1. The van der Waals surface area contributed by atoms with Gasteiger partial charge in [-0.2, -0.15) is 0 Å². The number of rotatable bonds is 7. The maximum absolute atomic E-state index is 5.28. The lowest BCUT2D eigenvalue weighted by atomic mass is 10.2. The van der Waals surface area contributed by atoms with Gasteiger partial charge in [0, 0.05) is 31.6 Å². The van der Waals surface area contributed by atoms with Crippen molar-refractivity contribution in [2.45, 2.75) is 39.3 Å². The van der Waals surface area contributed by atoms with Crippen molar-refractivity contribution in [3.8, 4) is 0 Å². The minimum Gasteiger partial charge on any atom is -0.373 e. The zero-order valence-corrected chi connectivity index (χ0v) is 10.4. The summed E-state index contributed by atoms with van der Waals surface area (Å²) in [5.74, 6) is 0.768. The summed E-state index contributed by atoms with van der Waals surface area (Å²) in [6, 6.07) is 0. The van der Waals surface area contributed by atoms with E-state index in [4.69, 9.17) is 4.74 Å². The highest BCUT2D eigenvalue weighted by molar-refractivity contribution is 5.06. The Labute approximate surface area is 97.5 Å². The summed E-state index contributed by atoms with van der Waals surface area (Å²) in [6.45, 7) is 6.07. The minimum atomic E-state index is 0.0117. The van der Waals surface area contributed by atoms with E-state index in [2.05, 4.69) is 29.1 Å². The van der Waals surface area contributed by atoms with Crippen molar-refractivity contribution in [1.29, 1.82) is 0 Å². The van der Waals surface area contributed by atoms with Gasteiger partial charge >= 0.3 is 0 Å². The molecule has 1 aromatic heterocycles. The van der Waals surface area contributed by atoms with Crippen molar-refractivity contribution in [2.24, 2.45) is 0 Å². The highest BCUT2D eigenvalue weighted by Gasteiger charge is 2.10. The van der Waals surface area contributed by atoms with Crippen LogP contribution in [0.25, 0.3) is 0 Å². The Morgan fingerprint density at radius 1 is 1.31 bits per heavy atom. The third-order valence-electron chi connectivity index (χ3n) is 2.42. The lowest BCUT2D eigenvalue weighted by Crippen LogP contribution is -2.15. The van der Waals surface area contributed by atoms with Crippen LogP contribution in [0, 0.1) is 0 Å². The number of nitrogens with zero attached hydrogens (tertiary/aromatic N) is 2. The van der Waals surface area contributed by atoms with Crippen molar-refractivity contribution < 1.29 is 4.74 Å². The molecule has 90 valence electrons. The normalized spacial score (nSPS) is 12.7. The molecule has 4 nitrogen and oxygen atoms in total. The van der Waals surface area contributed by atoms with Crippen LogP contribution in [0.2, 0.25) is 0 Å². The zero-order chi connectivity index (χ0) is 11.8. The maximum atomic E-state index is 5.28. The molecule has 1 N–H and O–H groups in total. The van der Waals surface area contributed by atoms with E-state index in [0.29, 0.717) is 0 Å². The van der Waals surface area contributed by atoms with Gasteiger partial charge in [-0.3, -0.25) is 0 Å². The van der Waals surface area contributed by atoms with Crippen LogP contribution in [0.5, 0.6) is 0 Å². The number of hydrogen-bond acceptors (Lipinski definition) is 4. The van der Waals surface area contributed by atoms with E-state index in [9.17, 15) is 0 Å². The van der Waals surface area contributed by atoms with Gasteiger partial charge in [-0.1, -0.05) is 13.8 Å². The first-order valence-electron chi connectivity index (χ1n) is 5.86. The Morgan fingerprint density at radius 3 is 2.50 bits per heavy atom. The summed E-state index contributed by atoms with van der Waals surface area (Å²) in [5, 5.41) is 3.32. The quantitative estimate of drug-likeness (QED) is 0.719. The molecule has 1 rings (SSSR count). The molecule has 1 unspecified atom stereocenters. The van der Waals surface area contributed by atoms with Crippen molar-refractivity contribution >= 4 is 0 Å². The Hall–Kier alpha value is -1.00. The molecule has 0 amide bonds. The molecular weight excluding hydrogens is 202 g/mol. The van der Waals surface area contributed by atoms with Crippen molar-refractivity contribution in [3.05, 3.63) is 23.8 Å². The lowest BCUT2D eigenvalue weighted by molar-refractivity contribution is 0.0925. The molecule has 0 saturated heterocycles. The third-order valence-corrected chi connectivity index (χ3v) is 2.42. The molecule has 0 spiro atoms. The number of nitrogens with one attached hydrogen (secondary N) is 1. The molecular formula is C12H21N3O. The van der Waals surface area contributed by atoms with Gasteiger partial charge in [-0.25, -0.2) is 9.97 Å². The van der Waals surface area contributed by atoms with Gasteiger partial charge in [0.25, 0.3) is 0 Å². The van der Waals surface area contributed by atoms with Crippen molar-refractivity contribution in [3.63, 3.8) is 0 Å². The Kier molecular flexibility index (Phi) is 5.96. The van der Waals surface area contributed by atoms with E-state index >= 15 is 0 Å². The second-order valence-corrected chi connectivity index (χ2v) is 3.76. The molecule has 0 aliphatic heterocycles. The Bertz CT molecular complexity index is 283. The van der Waals surface area contributed by atoms with Crippen LogP contribution in [-0.4, -0.2) is 23.6 Å². The molecule has 0 bridgehead atoms. The van der Waals surface area contributed by atoms with Gasteiger partial charge in [0.1, 0.15) is 6.10 Å². The average Bonchev–Trinajstić information content (AvgIpc) is 2.33. The van der Waals surface area contributed by atoms with E-state index in [1.165, 1.54) is 0 Å². The lowest BCUT2D eigenvalue weighted by Gasteiger charge is -2.11. The summed E-state index contributed by atoms with van der Waals surface area (Å²) in [4.78, 5) is 8.65. The molecule has 0 aliphatic carbocycles. The highest BCUT2D eigenvalue weighted by Crippen LogP contribution is 2.14. The number of hydrogen-bond donors (Lipinski definition) is 1. The molecule has 1 atom stereocenters. The van der Waals surface area contributed by atoms with Gasteiger partial charge in [-0.05, 0) is 19.4 Å². The predicted octanol–water partition coefficient (Wildman–Crippen LogP) is 2.07. The van der Waals surface area contributed by atoms with Crippen LogP contribution in [-0.2, 0) is 11.3 Å². The second kappa shape index (κ2) is 7.30. The fourth-order valence-electron chi connectivity index (χ4n) is 1.49. The van der Waals surface area contributed by atoms with Crippen LogP contribution in [0.1, 0.15) is 44.2 Å². The Balaban J connectivity index is 2.53. The van der Waals surface area contributed by atoms with Gasteiger partial charge in [0.2, 0.25) is 0 Å². The molecule has 0 radical (unpaired) electrons. The first kappa shape index (κ1) is 13.1. The second-order valence-electron chi connectivity index (χ2n) is 3.76. The maximum Gasteiger partial charge on any atom is 0.157 e. The first-order chi connectivity index (χ1) is 7.81. The largest absolute Gasteiger partial charge is 0.373 e. The predicted molar refractivity (Wildman–Crippen MR) is 64.1 cm³/mol.